The highest BCUT2D eigenvalue weighted by Crippen LogP contribution is 2.29. The number of esters is 1. The molecule has 0 heterocycles. The Morgan fingerprint density at radius 2 is 1.86 bits per heavy atom. The highest BCUT2D eigenvalue weighted by atomic mass is 16.6. The third kappa shape index (κ3) is 5.29. The van der Waals surface area contributed by atoms with Gasteiger partial charge in [0.1, 0.15) is 11.4 Å². The van der Waals surface area contributed by atoms with Gasteiger partial charge in [-0.3, -0.25) is 19.7 Å². The van der Waals surface area contributed by atoms with E-state index in [4.69, 9.17) is 9.47 Å². The lowest BCUT2D eigenvalue weighted by Gasteiger charge is -2.14. The summed E-state index contributed by atoms with van der Waals surface area (Å²) < 4.78 is 10.1. The number of carbonyl (C=O) groups is 2. The van der Waals surface area contributed by atoms with Crippen LogP contribution in [0, 0.1) is 24.0 Å². The van der Waals surface area contributed by atoms with Crippen molar-refractivity contribution < 1.29 is 24.0 Å². The van der Waals surface area contributed by atoms with Gasteiger partial charge in [-0.25, -0.2) is 0 Å². The Kier molecular flexibility index (Phi) is 6.70. The highest BCUT2D eigenvalue weighted by molar-refractivity contribution is 5.97. The fraction of sp³-hybridized carbons (Fsp3) is 0.300. The summed E-state index contributed by atoms with van der Waals surface area (Å²) >= 11 is 0. The first-order valence-corrected chi connectivity index (χ1v) is 8.60. The summed E-state index contributed by atoms with van der Waals surface area (Å²) in [5.41, 5.74) is 2.63. The number of anilines is 1. The van der Waals surface area contributed by atoms with Crippen molar-refractivity contribution in [2.75, 3.05) is 12.4 Å². The second kappa shape index (κ2) is 8.98. The second-order valence-corrected chi connectivity index (χ2v) is 6.36. The molecule has 0 aromatic heterocycles. The number of nitro groups is 1. The van der Waals surface area contributed by atoms with Crippen LogP contribution in [0.25, 0.3) is 0 Å². The van der Waals surface area contributed by atoms with Gasteiger partial charge in [-0.15, -0.1) is 0 Å². The van der Waals surface area contributed by atoms with E-state index >= 15 is 0 Å². The third-order valence-corrected chi connectivity index (χ3v) is 4.26. The topological polar surface area (TPSA) is 108 Å². The third-order valence-electron chi connectivity index (χ3n) is 4.26. The Morgan fingerprint density at radius 1 is 1.14 bits per heavy atom. The molecular weight excluding hydrogens is 364 g/mol. The zero-order valence-electron chi connectivity index (χ0n) is 16.1. The van der Waals surface area contributed by atoms with Gasteiger partial charge in [0.2, 0.25) is 0 Å². The summed E-state index contributed by atoms with van der Waals surface area (Å²) in [6.07, 6.45) is -1.08. The van der Waals surface area contributed by atoms with Crippen LogP contribution in [0.2, 0.25) is 0 Å². The first kappa shape index (κ1) is 20.9. The van der Waals surface area contributed by atoms with Crippen molar-refractivity contribution >= 4 is 23.3 Å². The number of carbonyl (C=O) groups excluding carboxylic acids is 2. The van der Waals surface area contributed by atoms with Crippen LogP contribution in [-0.2, 0) is 20.7 Å². The van der Waals surface area contributed by atoms with E-state index in [0.717, 1.165) is 16.7 Å². The molecule has 0 unspecified atom stereocenters. The largest absolute Gasteiger partial charge is 0.496 e. The van der Waals surface area contributed by atoms with Crippen LogP contribution < -0.4 is 10.1 Å². The fourth-order valence-corrected chi connectivity index (χ4v) is 2.50. The van der Waals surface area contributed by atoms with Gasteiger partial charge in [0, 0.05) is 0 Å². The van der Waals surface area contributed by atoms with E-state index < -0.39 is 22.9 Å². The van der Waals surface area contributed by atoms with Crippen molar-refractivity contribution in [2.45, 2.75) is 33.3 Å². The molecule has 0 radical (unpaired) electrons. The standard InChI is InChI=1S/C20H22N2O6/c1-12-5-6-15(9-13(12)2)10-19(23)28-14(3)20(24)21-17-8-7-16(27-4)11-18(17)22(25)26/h5-9,11,14H,10H2,1-4H3,(H,21,24)/t14-/m1/s1. The van der Waals surface area contributed by atoms with Crippen LogP contribution >= 0.6 is 0 Å². The van der Waals surface area contributed by atoms with Gasteiger partial charge in [-0.05, 0) is 49.6 Å². The lowest BCUT2D eigenvalue weighted by Crippen LogP contribution is -2.30. The molecule has 0 aliphatic carbocycles. The van der Waals surface area contributed by atoms with Crippen molar-refractivity contribution in [1.82, 2.24) is 0 Å². The zero-order chi connectivity index (χ0) is 20.8. The van der Waals surface area contributed by atoms with Crippen molar-refractivity contribution in [3.05, 3.63) is 63.2 Å². The number of hydrogen-bond acceptors (Lipinski definition) is 6. The molecule has 1 N–H and O–H groups in total. The molecule has 8 nitrogen and oxygen atoms in total. The predicted octanol–water partition coefficient (Wildman–Crippen LogP) is 3.33. The molecule has 0 saturated heterocycles. The van der Waals surface area contributed by atoms with Crippen molar-refractivity contribution in [3.63, 3.8) is 0 Å². The van der Waals surface area contributed by atoms with Crippen molar-refractivity contribution in [2.24, 2.45) is 0 Å². The maximum atomic E-state index is 12.3. The average Bonchev–Trinajstić information content (AvgIpc) is 2.64. The number of methoxy groups -OCH3 is 1. The van der Waals surface area contributed by atoms with E-state index in [-0.39, 0.29) is 23.5 Å². The van der Waals surface area contributed by atoms with Gasteiger partial charge in [-0.2, -0.15) is 0 Å². The lowest BCUT2D eigenvalue weighted by atomic mass is 10.0. The molecule has 2 rings (SSSR count). The van der Waals surface area contributed by atoms with Crippen LogP contribution in [0.1, 0.15) is 23.6 Å². The monoisotopic (exact) mass is 386 g/mol. The highest BCUT2D eigenvalue weighted by Gasteiger charge is 2.22. The molecule has 2 aromatic rings. The molecule has 0 saturated carbocycles. The molecule has 2 aromatic carbocycles. The number of benzene rings is 2. The van der Waals surface area contributed by atoms with E-state index in [1.54, 1.807) is 0 Å². The Labute approximate surface area is 162 Å². The van der Waals surface area contributed by atoms with E-state index in [0.29, 0.717) is 0 Å². The van der Waals surface area contributed by atoms with Crippen molar-refractivity contribution in [1.29, 1.82) is 0 Å². The fourth-order valence-electron chi connectivity index (χ4n) is 2.50. The number of nitrogens with zero attached hydrogens (tertiary/aromatic N) is 1. The molecule has 0 spiro atoms. The second-order valence-electron chi connectivity index (χ2n) is 6.36. The number of nitrogens with one attached hydrogen (secondary N) is 1. The molecule has 0 aliphatic heterocycles. The van der Waals surface area contributed by atoms with Crippen LogP contribution in [-0.4, -0.2) is 30.0 Å². The number of amides is 1. The molecule has 0 aliphatic rings. The average molecular weight is 386 g/mol. The molecule has 0 fully saturated rings. The molecular formula is C20H22N2O6. The lowest BCUT2D eigenvalue weighted by molar-refractivity contribution is -0.384. The van der Waals surface area contributed by atoms with Gasteiger partial charge in [0.25, 0.3) is 11.6 Å². The number of ether oxygens (including phenoxy) is 2. The van der Waals surface area contributed by atoms with Gasteiger partial charge in [0.15, 0.2) is 6.10 Å². The van der Waals surface area contributed by atoms with Crippen LogP contribution in [0.3, 0.4) is 0 Å². The van der Waals surface area contributed by atoms with Gasteiger partial charge in [0.05, 0.1) is 24.5 Å². The maximum absolute atomic E-state index is 12.3. The first-order valence-electron chi connectivity index (χ1n) is 8.60. The number of nitro benzene ring substituents is 1. The molecule has 28 heavy (non-hydrogen) atoms. The summed E-state index contributed by atoms with van der Waals surface area (Å²) in [6, 6.07) is 9.68. The summed E-state index contributed by atoms with van der Waals surface area (Å²) in [4.78, 5) is 35.0. The normalized spacial score (nSPS) is 11.4. The quantitative estimate of drug-likeness (QED) is 0.444. The van der Waals surface area contributed by atoms with E-state index in [1.807, 2.05) is 32.0 Å². The van der Waals surface area contributed by atoms with E-state index in [9.17, 15) is 19.7 Å². The number of hydrogen-bond donors (Lipinski definition) is 1. The van der Waals surface area contributed by atoms with Crippen LogP contribution in [0.15, 0.2) is 36.4 Å². The zero-order valence-corrected chi connectivity index (χ0v) is 16.1. The smallest absolute Gasteiger partial charge is 0.311 e. The Morgan fingerprint density at radius 3 is 2.46 bits per heavy atom. The molecule has 1 amide bonds. The number of aryl methyl sites for hydroxylation is 2. The molecule has 148 valence electrons. The molecule has 1 atom stereocenters. The summed E-state index contributed by atoms with van der Waals surface area (Å²) in [6.45, 7) is 5.33. The summed E-state index contributed by atoms with van der Waals surface area (Å²) in [7, 11) is 1.38. The van der Waals surface area contributed by atoms with Gasteiger partial charge < -0.3 is 14.8 Å². The number of rotatable bonds is 7. The SMILES string of the molecule is COc1ccc(NC(=O)[C@@H](C)OC(=O)Cc2ccc(C)c(C)c2)c([N+](=O)[O-])c1. The minimum Gasteiger partial charge on any atom is -0.496 e. The van der Waals surface area contributed by atoms with Crippen LogP contribution in [0.4, 0.5) is 11.4 Å². The maximum Gasteiger partial charge on any atom is 0.311 e. The van der Waals surface area contributed by atoms with Gasteiger partial charge in [-0.1, -0.05) is 18.2 Å². The Bertz CT molecular complexity index is 910. The molecule has 8 heteroatoms. The minimum absolute atomic E-state index is 0.00661. The Balaban J connectivity index is 2.01. The van der Waals surface area contributed by atoms with Gasteiger partial charge >= 0.3 is 5.97 Å². The summed E-state index contributed by atoms with van der Waals surface area (Å²) in [5, 5.41) is 13.6. The Hall–Kier alpha value is -3.42. The molecule has 0 bridgehead atoms. The first-order chi connectivity index (χ1) is 13.2. The van der Waals surface area contributed by atoms with Crippen molar-refractivity contribution in [3.8, 4) is 5.75 Å². The van der Waals surface area contributed by atoms with E-state index in [1.165, 1.54) is 32.2 Å². The van der Waals surface area contributed by atoms with E-state index in [2.05, 4.69) is 5.32 Å². The summed E-state index contributed by atoms with van der Waals surface area (Å²) in [5.74, 6) is -0.936. The minimum atomic E-state index is -1.11. The van der Waals surface area contributed by atoms with Crippen LogP contribution in [0.5, 0.6) is 5.75 Å². The predicted molar refractivity (Wildman–Crippen MR) is 103 cm³/mol.